The SMILES string of the molecule is O=C(COC(=O)[C@@H]1CCCN1S(=O)(=O)c1ccc(Cl)cc1)NCc1ccc(Cl)cc1. The van der Waals surface area contributed by atoms with Crippen molar-refractivity contribution in [1.82, 2.24) is 9.62 Å². The molecular weight excluding hydrogens is 451 g/mol. The molecule has 0 unspecified atom stereocenters. The van der Waals surface area contributed by atoms with E-state index in [1.165, 1.54) is 24.3 Å². The van der Waals surface area contributed by atoms with Crippen LogP contribution < -0.4 is 5.32 Å². The lowest BCUT2D eigenvalue weighted by Gasteiger charge is -2.22. The van der Waals surface area contributed by atoms with Gasteiger partial charge in [-0.2, -0.15) is 4.31 Å². The van der Waals surface area contributed by atoms with Crippen molar-refractivity contribution in [2.45, 2.75) is 30.3 Å². The Morgan fingerprint density at radius 1 is 1.03 bits per heavy atom. The summed E-state index contributed by atoms with van der Waals surface area (Å²) in [4.78, 5) is 24.5. The Kier molecular flexibility index (Phi) is 7.36. The van der Waals surface area contributed by atoms with Gasteiger partial charge in [0.15, 0.2) is 6.61 Å². The van der Waals surface area contributed by atoms with Crippen LogP contribution in [0.15, 0.2) is 53.4 Å². The molecular formula is C20H20Cl2N2O5S. The second-order valence-corrected chi connectivity index (χ2v) is 9.50. The minimum atomic E-state index is -3.88. The molecule has 1 N–H and O–H groups in total. The molecule has 7 nitrogen and oxygen atoms in total. The molecule has 0 saturated carbocycles. The molecule has 0 bridgehead atoms. The van der Waals surface area contributed by atoms with Crippen LogP contribution >= 0.6 is 23.2 Å². The number of hydrogen-bond acceptors (Lipinski definition) is 5. The number of nitrogens with zero attached hydrogens (tertiary/aromatic N) is 1. The van der Waals surface area contributed by atoms with Gasteiger partial charge in [0.2, 0.25) is 10.0 Å². The highest BCUT2D eigenvalue weighted by atomic mass is 35.5. The van der Waals surface area contributed by atoms with Gasteiger partial charge in [0.25, 0.3) is 5.91 Å². The largest absolute Gasteiger partial charge is 0.454 e. The lowest BCUT2D eigenvalue weighted by atomic mass is 10.2. The Morgan fingerprint density at radius 3 is 2.27 bits per heavy atom. The highest BCUT2D eigenvalue weighted by molar-refractivity contribution is 7.89. The third-order valence-corrected chi connectivity index (χ3v) is 7.07. The lowest BCUT2D eigenvalue weighted by Crippen LogP contribution is -2.42. The van der Waals surface area contributed by atoms with E-state index in [4.69, 9.17) is 27.9 Å². The topological polar surface area (TPSA) is 92.8 Å². The standard InChI is InChI=1S/C20H20Cl2N2O5S/c21-15-5-3-14(4-6-15)12-23-19(25)13-29-20(26)18-2-1-11-24(18)30(27,28)17-9-7-16(22)8-10-17/h3-10,18H,1-2,11-13H2,(H,23,25)/t18-/m0/s1. The van der Waals surface area contributed by atoms with Gasteiger partial charge in [-0.25, -0.2) is 8.42 Å². The van der Waals surface area contributed by atoms with Gasteiger partial charge in [-0.05, 0) is 54.8 Å². The number of hydrogen-bond donors (Lipinski definition) is 1. The molecule has 2 aromatic rings. The van der Waals surface area contributed by atoms with Gasteiger partial charge < -0.3 is 10.1 Å². The van der Waals surface area contributed by atoms with Crippen molar-refractivity contribution in [2.75, 3.05) is 13.2 Å². The normalized spacial score (nSPS) is 16.9. The van der Waals surface area contributed by atoms with Crippen LogP contribution in [0.5, 0.6) is 0 Å². The van der Waals surface area contributed by atoms with Gasteiger partial charge in [0.1, 0.15) is 6.04 Å². The Balaban J connectivity index is 1.55. The minimum absolute atomic E-state index is 0.0484. The van der Waals surface area contributed by atoms with E-state index in [1.807, 2.05) is 0 Å². The van der Waals surface area contributed by atoms with E-state index in [2.05, 4.69) is 5.32 Å². The zero-order valence-electron chi connectivity index (χ0n) is 15.9. The number of carbonyl (C=O) groups excluding carboxylic acids is 2. The van der Waals surface area contributed by atoms with Crippen molar-refractivity contribution in [3.05, 3.63) is 64.1 Å². The molecule has 1 aliphatic heterocycles. The first kappa shape index (κ1) is 22.6. The Hall–Kier alpha value is -2.13. The van der Waals surface area contributed by atoms with Crippen LogP contribution in [0.25, 0.3) is 0 Å². The second kappa shape index (κ2) is 9.78. The first-order chi connectivity index (χ1) is 14.3. The maximum Gasteiger partial charge on any atom is 0.324 e. The van der Waals surface area contributed by atoms with Crippen LogP contribution in [0, 0.1) is 0 Å². The Morgan fingerprint density at radius 2 is 1.63 bits per heavy atom. The minimum Gasteiger partial charge on any atom is -0.454 e. The van der Waals surface area contributed by atoms with Gasteiger partial charge in [-0.1, -0.05) is 35.3 Å². The summed E-state index contributed by atoms with van der Waals surface area (Å²) in [6.07, 6.45) is 0.855. The average molecular weight is 471 g/mol. The Bertz CT molecular complexity index is 1010. The van der Waals surface area contributed by atoms with Crippen LogP contribution in [0.3, 0.4) is 0 Å². The van der Waals surface area contributed by atoms with E-state index in [-0.39, 0.29) is 18.0 Å². The van der Waals surface area contributed by atoms with E-state index in [9.17, 15) is 18.0 Å². The first-order valence-electron chi connectivity index (χ1n) is 9.22. The average Bonchev–Trinajstić information content (AvgIpc) is 3.23. The predicted molar refractivity (Wildman–Crippen MR) is 113 cm³/mol. The third-order valence-electron chi connectivity index (χ3n) is 4.64. The summed E-state index contributed by atoms with van der Waals surface area (Å²) in [6, 6.07) is 11.7. The van der Waals surface area contributed by atoms with Crippen LogP contribution in [-0.4, -0.2) is 43.8 Å². The van der Waals surface area contributed by atoms with Crippen molar-refractivity contribution in [2.24, 2.45) is 0 Å². The van der Waals surface area contributed by atoms with Crippen LogP contribution in [0.2, 0.25) is 10.0 Å². The molecule has 3 rings (SSSR count). The lowest BCUT2D eigenvalue weighted by molar-refractivity contribution is -0.151. The van der Waals surface area contributed by atoms with Crippen molar-refractivity contribution >= 4 is 45.1 Å². The number of nitrogens with one attached hydrogen (secondary N) is 1. The molecule has 1 aliphatic rings. The highest BCUT2D eigenvalue weighted by Crippen LogP contribution is 2.27. The maximum atomic E-state index is 12.9. The van der Waals surface area contributed by atoms with Gasteiger partial charge in [0.05, 0.1) is 4.90 Å². The predicted octanol–water partition coefficient (Wildman–Crippen LogP) is 3.01. The molecule has 0 radical (unpaired) electrons. The van der Waals surface area contributed by atoms with Gasteiger partial charge >= 0.3 is 5.97 Å². The molecule has 0 aliphatic carbocycles. The number of rotatable bonds is 7. The number of benzene rings is 2. The highest BCUT2D eigenvalue weighted by Gasteiger charge is 2.40. The third kappa shape index (κ3) is 5.51. The number of sulfonamides is 1. The van der Waals surface area contributed by atoms with E-state index >= 15 is 0 Å². The quantitative estimate of drug-likeness (QED) is 0.627. The fourth-order valence-electron chi connectivity index (χ4n) is 3.09. The van der Waals surface area contributed by atoms with E-state index in [1.54, 1.807) is 24.3 Å². The number of esters is 1. The second-order valence-electron chi connectivity index (χ2n) is 6.74. The summed E-state index contributed by atoms with van der Waals surface area (Å²) in [5.74, 6) is -1.23. The first-order valence-corrected chi connectivity index (χ1v) is 11.4. The molecule has 1 atom stereocenters. The number of ether oxygens (including phenoxy) is 1. The molecule has 1 heterocycles. The summed E-state index contributed by atoms with van der Waals surface area (Å²) in [7, 11) is -3.88. The van der Waals surface area contributed by atoms with Crippen LogP contribution in [-0.2, 0) is 30.9 Å². The zero-order chi connectivity index (χ0) is 21.7. The van der Waals surface area contributed by atoms with Crippen LogP contribution in [0.1, 0.15) is 18.4 Å². The molecule has 1 saturated heterocycles. The van der Waals surface area contributed by atoms with Crippen molar-refractivity contribution < 1.29 is 22.7 Å². The fraction of sp³-hybridized carbons (Fsp3) is 0.300. The van der Waals surface area contributed by atoms with E-state index < -0.39 is 34.5 Å². The summed E-state index contributed by atoms with van der Waals surface area (Å²) in [5, 5.41) is 3.64. The molecule has 30 heavy (non-hydrogen) atoms. The summed E-state index contributed by atoms with van der Waals surface area (Å²) < 4.78 is 31.9. The molecule has 0 spiro atoms. The smallest absolute Gasteiger partial charge is 0.324 e. The monoisotopic (exact) mass is 470 g/mol. The summed E-state index contributed by atoms with van der Waals surface area (Å²) in [6.45, 7) is -0.0285. The molecule has 10 heteroatoms. The number of carbonyl (C=O) groups is 2. The van der Waals surface area contributed by atoms with Crippen molar-refractivity contribution in [3.63, 3.8) is 0 Å². The molecule has 1 amide bonds. The fourth-order valence-corrected chi connectivity index (χ4v) is 4.99. The Labute approximate surface area is 185 Å². The van der Waals surface area contributed by atoms with E-state index in [0.717, 1.165) is 9.87 Å². The summed E-state index contributed by atoms with van der Waals surface area (Å²) in [5.41, 5.74) is 0.843. The van der Waals surface area contributed by atoms with E-state index in [0.29, 0.717) is 22.9 Å². The number of halogens is 2. The van der Waals surface area contributed by atoms with Crippen molar-refractivity contribution in [3.8, 4) is 0 Å². The zero-order valence-corrected chi connectivity index (χ0v) is 18.2. The van der Waals surface area contributed by atoms with Crippen molar-refractivity contribution in [1.29, 1.82) is 0 Å². The summed E-state index contributed by atoms with van der Waals surface area (Å²) >= 11 is 11.6. The van der Waals surface area contributed by atoms with Gasteiger partial charge in [-0.15, -0.1) is 0 Å². The maximum absolute atomic E-state index is 12.9. The molecule has 160 valence electrons. The van der Waals surface area contributed by atoms with Crippen LogP contribution in [0.4, 0.5) is 0 Å². The van der Waals surface area contributed by atoms with Gasteiger partial charge in [-0.3, -0.25) is 9.59 Å². The molecule has 2 aromatic carbocycles. The number of amides is 1. The molecule has 1 fully saturated rings. The molecule has 0 aromatic heterocycles. The van der Waals surface area contributed by atoms with Gasteiger partial charge in [0, 0.05) is 23.1 Å².